The Balaban J connectivity index is 1.23. The van der Waals surface area contributed by atoms with Crippen molar-refractivity contribution in [2.75, 3.05) is 29.9 Å². The topological polar surface area (TPSA) is 79.0 Å². The first-order valence-electron chi connectivity index (χ1n) is 12.2. The highest BCUT2D eigenvalue weighted by atomic mass is 35.5. The number of cyclic esters (lactones) is 1. The van der Waals surface area contributed by atoms with Crippen LogP contribution in [0.2, 0.25) is 15.1 Å². The number of halogens is 3. The van der Waals surface area contributed by atoms with Crippen LogP contribution in [0.4, 0.5) is 16.2 Å². The van der Waals surface area contributed by atoms with Gasteiger partial charge in [0.05, 0.1) is 22.9 Å². The zero-order valence-electron chi connectivity index (χ0n) is 20.3. The van der Waals surface area contributed by atoms with Gasteiger partial charge in [-0.2, -0.15) is 0 Å². The molecule has 1 saturated heterocycles. The van der Waals surface area contributed by atoms with E-state index in [1.54, 1.807) is 47.4 Å². The maximum absolute atomic E-state index is 13.2. The van der Waals surface area contributed by atoms with Crippen molar-refractivity contribution in [3.8, 4) is 0 Å². The normalized spacial score (nSPS) is 16.1. The van der Waals surface area contributed by atoms with Crippen LogP contribution in [0.15, 0.2) is 60.7 Å². The SMILES string of the molecule is O=C(CN1CCC(N2C(=O)OCc3cc(Cl)ccc32)CC1)Nc1ccc(Cl)cc1C(=O)c1ccccc1Cl. The maximum atomic E-state index is 13.2. The number of anilines is 2. The van der Waals surface area contributed by atoms with Gasteiger partial charge in [0.1, 0.15) is 6.61 Å². The van der Waals surface area contributed by atoms with Crippen molar-refractivity contribution in [3.63, 3.8) is 0 Å². The van der Waals surface area contributed by atoms with Crippen molar-refractivity contribution >= 4 is 64.0 Å². The number of ketones is 1. The molecule has 0 unspecified atom stereocenters. The summed E-state index contributed by atoms with van der Waals surface area (Å²) in [6.07, 6.45) is 0.998. The lowest BCUT2D eigenvalue weighted by molar-refractivity contribution is -0.117. The van der Waals surface area contributed by atoms with Crippen molar-refractivity contribution < 1.29 is 19.1 Å². The molecule has 2 aliphatic heterocycles. The molecule has 5 rings (SSSR count). The number of likely N-dealkylation sites (tertiary alicyclic amines) is 1. The number of rotatable bonds is 6. The Morgan fingerprint density at radius 1 is 0.921 bits per heavy atom. The lowest BCUT2D eigenvalue weighted by Gasteiger charge is -2.40. The molecule has 10 heteroatoms. The number of nitrogens with zero attached hydrogens (tertiary/aromatic N) is 2. The molecule has 3 aromatic carbocycles. The summed E-state index contributed by atoms with van der Waals surface area (Å²) in [5.74, 6) is -0.583. The van der Waals surface area contributed by atoms with Gasteiger partial charge in [0.2, 0.25) is 5.91 Å². The van der Waals surface area contributed by atoms with E-state index in [9.17, 15) is 14.4 Å². The summed E-state index contributed by atoms with van der Waals surface area (Å²) in [5, 5.41) is 4.15. The fourth-order valence-corrected chi connectivity index (χ4v) is 5.48. The van der Waals surface area contributed by atoms with Crippen molar-refractivity contribution in [3.05, 3.63) is 92.4 Å². The van der Waals surface area contributed by atoms with Gasteiger partial charge in [-0.05, 0) is 61.4 Å². The Morgan fingerprint density at radius 2 is 1.63 bits per heavy atom. The molecule has 2 aliphatic rings. The third-order valence-corrected chi connectivity index (χ3v) is 7.56. The van der Waals surface area contributed by atoms with E-state index in [2.05, 4.69) is 5.32 Å². The monoisotopic (exact) mass is 571 g/mol. The van der Waals surface area contributed by atoms with Crippen LogP contribution in [0.5, 0.6) is 0 Å². The second-order valence-corrected chi connectivity index (χ2v) is 10.5. The first kappa shape index (κ1) is 26.5. The molecule has 2 amide bonds. The highest BCUT2D eigenvalue weighted by Crippen LogP contribution is 2.34. The van der Waals surface area contributed by atoms with Crippen LogP contribution < -0.4 is 10.2 Å². The Kier molecular flexibility index (Phi) is 7.91. The lowest BCUT2D eigenvalue weighted by atomic mass is 10.0. The number of benzene rings is 3. The molecule has 1 fully saturated rings. The number of hydrogen-bond donors (Lipinski definition) is 1. The average Bonchev–Trinajstić information content (AvgIpc) is 2.90. The van der Waals surface area contributed by atoms with Crippen LogP contribution in [0.3, 0.4) is 0 Å². The second kappa shape index (κ2) is 11.3. The summed E-state index contributed by atoms with van der Waals surface area (Å²) >= 11 is 18.5. The number of piperidine rings is 1. The predicted molar refractivity (Wildman–Crippen MR) is 149 cm³/mol. The van der Waals surface area contributed by atoms with Crippen LogP contribution >= 0.6 is 34.8 Å². The average molecular weight is 573 g/mol. The van der Waals surface area contributed by atoms with Gasteiger partial charge in [-0.25, -0.2) is 4.79 Å². The summed E-state index contributed by atoms with van der Waals surface area (Å²) in [5.41, 5.74) is 2.66. The number of carbonyl (C=O) groups is 3. The molecule has 0 atom stereocenters. The highest BCUT2D eigenvalue weighted by Gasteiger charge is 2.34. The van der Waals surface area contributed by atoms with Crippen LogP contribution in [-0.2, 0) is 16.1 Å². The third-order valence-electron chi connectivity index (χ3n) is 6.76. The molecule has 38 heavy (non-hydrogen) atoms. The van der Waals surface area contributed by atoms with Crippen LogP contribution in [-0.4, -0.2) is 48.4 Å². The van der Waals surface area contributed by atoms with E-state index in [1.165, 1.54) is 6.07 Å². The smallest absolute Gasteiger partial charge is 0.414 e. The summed E-state index contributed by atoms with van der Waals surface area (Å²) in [4.78, 5) is 42.4. The Labute approximate surface area is 235 Å². The zero-order chi connectivity index (χ0) is 26.8. The Bertz CT molecular complexity index is 1410. The van der Waals surface area contributed by atoms with Crippen molar-refractivity contribution in [2.45, 2.75) is 25.5 Å². The van der Waals surface area contributed by atoms with Crippen LogP contribution in [0.1, 0.15) is 34.3 Å². The van der Waals surface area contributed by atoms with E-state index in [4.69, 9.17) is 39.5 Å². The minimum atomic E-state index is -0.366. The van der Waals surface area contributed by atoms with Gasteiger partial charge in [0, 0.05) is 45.9 Å². The van der Waals surface area contributed by atoms with Crippen molar-refractivity contribution in [1.29, 1.82) is 0 Å². The molecule has 196 valence electrons. The predicted octanol–water partition coefficient (Wildman–Crippen LogP) is 6.44. The minimum absolute atomic E-state index is 0.0434. The van der Waals surface area contributed by atoms with Gasteiger partial charge in [0.25, 0.3) is 0 Å². The van der Waals surface area contributed by atoms with Gasteiger partial charge in [0.15, 0.2) is 5.78 Å². The lowest BCUT2D eigenvalue weighted by Crippen LogP contribution is -2.50. The van der Waals surface area contributed by atoms with E-state index in [1.807, 2.05) is 17.0 Å². The first-order valence-corrected chi connectivity index (χ1v) is 13.3. The summed E-state index contributed by atoms with van der Waals surface area (Å²) in [7, 11) is 0. The van der Waals surface area contributed by atoms with Gasteiger partial charge in [-0.1, -0.05) is 46.9 Å². The van der Waals surface area contributed by atoms with E-state index in [0.717, 1.165) is 11.3 Å². The molecule has 7 nitrogen and oxygen atoms in total. The maximum Gasteiger partial charge on any atom is 0.414 e. The highest BCUT2D eigenvalue weighted by molar-refractivity contribution is 6.36. The van der Waals surface area contributed by atoms with Gasteiger partial charge >= 0.3 is 6.09 Å². The van der Waals surface area contributed by atoms with Gasteiger partial charge in [-0.15, -0.1) is 0 Å². The molecule has 0 saturated carbocycles. The zero-order valence-corrected chi connectivity index (χ0v) is 22.5. The molecule has 0 aromatic heterocycles. The molecule has 1 N–H and O–H groups in total. The van der Waals surface area contributed by atoms with E-state index >= 15 is 0 Å². The molecule has 3 aromatic rings. The number of hydrogen-bond acceptors (Lipinski definition) is 5. The van der Waals surface area contributed by atoms with Crippen LogP contribution in [0, 0.1) is 0 Å². The molecular weight excluding hydrogens is 549 g/mol. The van der Waals surface area contributed by atoms with Gasteiger partial charge < -0.3 is 10.1 Å². The summed E-state index contributed by atoms with van der Waals surface area (Å²) in [6.45, 7) is 1.59. The molecule has 2 heterocycles. The molecule has 0 spiro atoms. The number of nitrogens with one attached hydrogen (secondary N) is 1. The Morgan fingerprint density at radius 3 is 2.39 bits per heavy atom. The van der Waals surface area contributed by atoms with E-state index in [-0.39, 0.29) is 42.5 Å². The van der Waals surface area contributed by atoms with Crippen molar-refractivity contribution in [2.24, 2.45) is 0 Å². The van der Waals surface area contributed by atoms with Gasteiger partial charge in [-0.3, -0.25) is 19.4 Å². The fraction of sp³-hybridized carbons (Fsp3) is 0.250. The number of carbonyl (C=O) groups excluding carboxylic acids is 3. The third kappa shape index (κ3) is 5.66. The van der Waals surface area contributed by atoms with E-state index < -0.39 is 0 Å². The standard InChI is InChI=1S/C28H24Cl3N3O4/c29-18-6-8-25-17(13-18)16-38-28(37)34(25)20-9-11-33(12-10-20)15-26(35)32-24-7-5-19(30)14-22(24)27(36)21-3-1-2-4-23(21)31/h1-8,13-14,20H,9-12,15-16H2,(H,32,35). The summed E-state index contributed by atoms with van der Waals surface area (Å²) in [6, 6.07) is 16.9. The molecule has 0 aliphatic carbocycles. The number of ether oxygens (including phenoxy) is 1. The fourth-order valence-electron chi connectivity index (χ4n) is 4.89. The molecule has 0 bridgehead atoms. The van der Waals surface area contributed by atoms with Crippen molar-refractivity contribution in [1.82, 2.24) is 4.90 Å². The quantitative estimate of drug-likeness (QED) is 0.344. The van der Waals surface area contributed by atoms with E-state index in [0.29, 0.717) is 52.2 Å². The molecular formula is C28H24Cl3N3O4. The minimum Gasteiger partial charge on any atom is -0.444 e. The largest absolute Gasteiger partial charge is 0.444 e. The first-order chi connectivity index (χ1) is 18.3. The van der Waals surface area contributed by atoms with Crippen LogP contribution in [0.25, 0.3) is 0 Å². The molecule has 0 radical (unpaired) electrons. The summed E-state index contributed by atoms with van der Waals surface area (Å²) < 4.78 is 5.37. The Hall–Kier alpha value is -3.10. The number of amides is 2. The second-order valence-electron chi connectivity index (χ2n) is 9.25. The number of fused-ring (bicyclic) bond motifs is 1.